The van der Waals surface area contributed by atoms with Gasteiger partial charge in [-0.05, 0) is 49.4 Å². The number of likely N-dealkylation sites (tertiary alicyclic amines) is 1. The molecule has 1 heterocycles. The number of carbonyl (C=O) groups is 2. The van der Waals surface area contributed by atoms with Crippen LogP contribution in [0.2, 0.25) is 5.02 Å². The number of amides is 2. The first-order chi connectivity index (χ1) is 10.3. The second-order valence-corrected chi connectivity index (χ2v) is 6.53. The number of urea groups is 1. The number of benzene rings is 1. The normalized spacial score (nSPS) is 21.5. The molecule has 0 saturated carbocycles. The summed E-state index contributed by atoms with van der Waals surface area (Å²) in [7, 11) is 0. The summed E-state index contributed by atoms with van der Waals surface area (Å²) in [4.78, 5) is 25.1. The lowest BCUT2D eigenvalue weighted by Gasteiger charge is -2.34. The Kier molecular flexibility index (Phi) is 4.96. The fraction of sp³-hybridized carbons (Fsp3) is 0.500. The molecule has 2 rings (SSSR count). The zero-order valence-corrected chi connectivity index (χ0v) is 13.8. The summed E-state index contributed by atoms with van der Waals surface area (Å²) in [5, 5.41) is 12.4. The Labute approximate surface area is 135 Å². The molecule has 22 heavy (non-hydrogen) atoms. The van der Waals surface area contributed by atoms with Crippen LogP contribution < -0.4 is 5.32 Å². The number of carboxylic acids is 1. The number of piperidine rings is 1. The molecule has 0 aliphatic carbocycles. The third-order valence-corrected chi connectivity index (χ3v) is 4.43. The standard InChI is InChI=1S/C16H21ClN2O3/c1-9-4-12(15(20)21)8-19(7-9)16(22)18-14-6-11(3)10(2)5-13(14)17/h5-6,9,12H,4,7-8H2,1-3H3,(H,18,22)(H,20,21). The molecule has 1 aliphatic heterocycles. The summed E-state index contributed by atoms with van der Waals surface area (Å²) in [5.41, 5.74) is 2.65. The molecule has 0 spiro atoms. The van der Waals surface area contributed by atoms with Crippen LogP contribution in [0.15, 0.2) is 12.1 Å². The smallest absolute Gasteiger partial charge is 0.321 e. The molecular formula is C16H21ClN2O3. The third kappa shape index (κ3) is 3.71. The molecule has 6 heteroatoms. The van der Waals surface area contributed by atoms with Crippen LogP contribution in [0.4, 0.5) is 10.5 Å². The molecule has 120 valence electrons. The van der Waals surface area contributed by atoms with Gasteiger partial charge in [0.05, 0.1) is 16.6 Å². The Morgan fingerprint density at radius 3 is 2.55 bits per heavy atom. The summed E-state index contributed by atoms with van der Waals surface area (Å²) < 4.78 is 0. The Balaban J connectivity index is 2.11. The van der Waals surface area contributed by atoms with E-state index >= 15 is 0 Å². The lowest BCUT2D eigenvalue weighted by molar-refractivity contribution is -0.143. The largest absolute Gasteiger partial charge is 0.481 e. The molecule has 1 aromatic carbocycles. The Hall–Kier alpha value is -1.75. The van der Waals surface area contributed by atoms with Crippen molar-refractivity contribution in [1.82, 2.24) is 4.90 Å². The Bertz CT molecular complexity index is 603. The summed E-state index contributed by atoms with van der Waals surface area (Å²) >= 11 is 6.16. The number of hydrogen-bond acceptors (Lipinski definition) is 2. The van der Waals surface area contributed by atoms with E-state index in [1.807, 2.05) is 32.9 Å². The number of halogens is 1. The predicted molar refractivity (Wildman–Crippen MR) is 86.4 cm³/mol. The maximum Gasteiger partial charge on any atom is 0.321 e. The number of nitrogens with zero attached hydrogens (tertiary/aromatic N) is 1. The van der Waals surface area contributed by atoms with Crippen LogP contribution in [0, 0.1) is 25.7 Å². The first-order valence-corrected chi connectivity index (χ1v) is 7.71. The zero-order chi connectivity index (χ0) is 16.4. The minimum Gasteiger partial charge on any atom is -0.481 e. The van der Waals surface area contributed by atoms with Gasteiger partial charge >= 0.3 is 12.0 Å². The second kappa shape index (κ2) is 6.57. The highest BCUT2D eigenvalue weighted by atomic mass is 35.5. The van der Waals surface area contributed by atoms with Crippen LogP contribution in [0.3, 0.4) is 0 Å². The van der Waals surface area contributed by atoms with Crippen molar-refractivity contribution in [3.8, 4) is 0 Å². The molecule has 1 fully saturated rings. The number of nitrogens with one attached hydrogen (secondary N) is 1. The van der Waals surface area contributed by atoms with Crippen molar-refractivity contribution in [2.45, 2.75) is 27.2 Å². The lowest BCUT2D eigenvalue weighted by Crippen LogP contribution is -2.47. The van der Waals surface area contributed by atoms with Gasteiger partial charge in [-0.1, -0.05) is 18.5 Å². The van der Waals surface area contributed by atoms with Gasteiger partial charge in [0.1, 0.15) is 0 Å². The van der Waals surface area contributed by atoms with Crippen molar-refractivity contribution >= 4 is 29.3 Å². The molecule has 2 amide bonds. The number of rotatable bonds is 2. The van der Waals surface area contributed by atoms with E-state index in [0.717, 1.165) is 11.1 Å². The highest BCUT2D eigenvalue weighted by Crippen LogP contribution is 2.27. The quantitative estimate of drug-likeness (QED) is 0.874. The van der Waals surface area contributed by atoms with Crippen LogP contribution in [0.5, 0.6) is 0 Å². The van der Waals surface area contributed by atoms with E-state index < -0.39 is 11.9 Å². The van der Waals surface area contributed by atoms with Gasteiger partial charge in [0, 0.05) is 13.1 Å². The highest BCUT2D eigenvalue weighted by Gasteiger charge is 2.32. The fourth-order valence-corrected chi connectivity index (χ4v) is 3.03. The summed E-state index contributed by atoms with van der Waals surface area (Å²) in [6, 6.07) is 3.34. The van der Waals surface area contributed by atoms with E-state index in [-0.39, 0.29) is 18.5 Å². The lowest BCUT2D eigenvalue weighted by atomic mass is 9.91. The Morgan fingerprint density at radius 1 is 1.27 bits per heavy atom. The number of anilines is 1. The van der Waals surface area contributed by atoms with Gasteiger partial charge in [0.15, 0.2) is 0 Å². The predicted octanol–water partition coefficient (Wildman–Crippen LogP) is 3.53. The zero-order valence-electron chi connectivity index (χ0n) is 13.0. The van der Waals surface area contributed by atoms with Crippen LogP contribution >= 0.6 is 11.6 Å². The monoisotopic (exact) mass is 324 g/mol. The van der Waals surface area contributed by atoms with E-state index in [1.165, 1.54) is 0 Å². The van der Waals surface area contributed by atoms with Crippen LogP contribution in [-0.2, 0) is 4.79 Å². The Morgan fingerprint density at radius 2 is 1.91 bits per heavy atom. The van der Waals surface area contributed by atoms with Crippen molar-refractivity contribution in [2.24, 2.45) is 11.8 Å². The molecule has 2 unspecified atom stereocenters. The number of aliphatic carboxylic acids is 1. The van der Waals surface area contributed by atoms with Gasteiger partial charge in [0.25, 0.3) is 0 Å². The first kappa shape index (κ1) is 16.6. The molecule has 0 radical (unpaired) electrons. The van der Waals surface area contributed by atoms with Crippen LogP contribution in [0.1, 0.15) is 24.5 Å². The van der Waals surface area contributed by atoms with E-state index in [1.54, 1.807) is 4.90 Å². The van der Waals surface area contributed by atoms with Gasteiger partial charge in [0.2, 0.25) is 0 Å². The molecule has 1 aliphatic rings. The van der Waals surface area contributed by atoms with Gasteiger partial charge < -0.3 is 15.3 Å². The van der Waals surface area contributed by atoms with Gasteiger partial charge in [-0.25, -0.2) is 4.79 Å². The van der Waals surface area contributed by atoms with Crippen molar-refractivity contribution < 1.29 is 14.7 Å². The van der Waals surface area contributed by atoms with Crippen molar-refractivity contribution in [2.75, 3.05) is 18.4 Å². The topological polar surface area (TPSA) is 69.6 Å². The van der Waals surface area contributed by atoms with Gasteiger partial charge in [-0.15, -0.1) is 0 Å². The first-order valence-electron chi connectivity index (χ1n) is 7.33. The fourth-order valence-electron chi connectivity index (χ4n) is 2.77. The van der Waals surface area contributed by atoms with Crippen LogP contribution in [-0.4, -0.2) is 35.1 Å². The van der Waals surface area contributed by atoms with Crippen molar-refractivity contribution in [3.63, 3.8) is 0 Å². The molecule has 1 saturated heterocycles. The van der Waals surface area contributed by atoms with E-state index in [0.29, 0.717) is 23.7 Å². The number of hydrogen-bond donors (Lipinski definition) is 2. The van der Waals surface area contributed by atoms with E-state index in [2.05, 4.69) is 5.32 Å². The summed E-state index contributed by atoms with van der Waals surface area (Å²) in [6.07, 6.45) is 0.601. The maximum absolute atomic E-state index is 12.4. The molecule has 0 bridgehead atoms. The van der Waals surface area contributed by atoms with Gasteiger partial charge in [-0.3, -0.25) is 4.79 Å². The van der Waals surface area contributed by atoms with Crippen LogP contribution in [0.25, 0.3) is 0 Å². The number of aryl methyl sites for hydroxylation is 2. The summed E-state index contributed by atoms with van der Waals surface area (Å²) in [6.45, 7) is 6.64. The minimum atomic E-state index is -0.853. The van der Waals surface area contributed by atoms with Gasteiger partial charge in [-0.2, -0.15) is 0 Å². The molecule has 2 N–H and O–H groups in total. The number of carboxylic acid groups (broad SMARTS) is 1. The minimum absolute atomic E-state index is 0.163. The average molecular weight is 325 g/mol. The molecule has 5 nitrogen and oxygen atoms in total. The molecule has 2 atom stereocenters. The molecular weight excluding hydrogens is 304 g/mol. The molecule has 0 aromatic heterocycles. The average Bonchev–Trinajstić information content (AvgIpc) is 2.43. The SMILES string of the molecule is Cc1cc(Cl)c(NC(=O)N2CC(C)CC(C(=O)O)C2)cc1C. The third-order valence-electron chi connectivity index (χ3n) is 4.12. The second-order valence-electron chi connectivity index (χ2n) is 6.13. The number of carbonyl (C=O) groups excluding carboxylic acids is 1. The van der Waals surface area contributed by atoms with E-state index in [9.17, 15) is 14.7 Å². The molecule has 1 aromatic rings. The summed E-state index contributed by atoms with van der Waals surface area (Å²) in [5.74, 6) is -1.20. The van der Waals surface area contributed by atoms with Crippen molar-refractivity contribution in [1.29, 1.82) is 0 Å². The maximum atomic E-state index is 12.4. The van der Waals surface area contributed by atoms with E-state index in [4.69, 9.17) is 11.6 Å². The van der Waals surface area contributed by atoms with Crippen molar-refractivity contribution in [3.05, 3.63) is 28.3 Å². The highest BCUT2D eigenvalue weighted by molar-refractivity contribution is 6.33.